The van der Waals surface area contributed by atoms with Gasteiger partial charge in [-0.25, -0.2) is 0 Å². The van der Waals surface area contributed by atoms with Gasteiger partial charge in [0, 0.05) is 12.1 Å². The van der Waals surface area contributed by atoms with E-state index in [0.29, 0.717) is 30.1 Å². The molecule has 6 heteroatoms. The molecule has 2 rings (SSSR count). The zero-order valence-electron chi connectivity index (χ0n) is 9.52. The Labute approximate surface area is 93.0 Å². The molecule has 0 aliphatic rings. The molecule has 0 fully saturated rings. The first-order valence-corrected chi connectivity index (χ1v) is 5.15. The van der Waals surface area contributed by atoms with Crippen LogP contribution >= 0.6 is 0 Å². The normalized spacial score (nSPS) is 11.2. The van der Waals surface area contributed by atoms with Gasteiger partial charge in [-0.05, 0) is 6.92 Å². The number of rotatable bonds is 4. The second kappa shape index (κ2) is 4.44. The second-order valence-corrected chi connectivity index (χ2v) is 3.88. The molecule has 2 aromatic heterocycles. The minimum Gasteiger partial charge on any atom is -0.351 e. The lowest BCUT2D eigenvalue weighted by Gasteiger charge is -2.02. The lowest BCUT2D eigenvalue weighted by Crippen LogP contribution is -2.22. The quantitative estimate of drug-likeness (QED) is 0.845. The van der Waals surface area contributed by atoms with Crippen molar-refractivity contribution < 1.29 is 9.05 Å². The summed E-state index contributed by atoms with van der Waals surface area (Å²) in [5.41, 5.74) is 0.787. The first kappa shape index (κ1) is 10.8. The highest BCUT2D eigenvalue weighted by atomic mass is 16.5. The van der Waals surface area contributed by atoms with E-state index < -0.39 is 0 Å². The Morgan fingerprint density at radius 3 is 2.75 bits per heavy atom. The number of nitrogens with zero attached hydrogens (tertiary/aromatic N) is 3. The third kappa shape index (κ3) is 2.46. The minimum absolute atomic E-state index is 0.362. The van der Waals surface area contributed by atoms with Gasteiger partial charge in [-0.15, -0.1) is 0 Å². The van der Waals surface area contributed by atoms with Crippen LogP contribution in [0.4, 0.5) is 0 Å². The third-order valence-electron chi connectivity index (χ3n) is 1.98. The molecule has 0 aromatic carbocycles. The molecule has 16 heavy (non-hydrogen) atoms. The molecule has 0 bridgehead atoms. The summed E-state index contributed by atoms with van der Waals surface area (Å²) in [6.07, 6.45) is 0. The molecule has 0 saturated carbocycles. The summed E-state index contributed by atoms with van der Waals surface area (Å²) >= 11 is 0. The fourth-order valence-corrected chi connectivity index (χ4v) is 1.19. The van der Waals surface area contributed by atoms with Crippen molar-refractivity contribution >= 4 is 0 Å². The summed E-state index contributed by atoms with van der Waals surface area (Å²) in [6.45, 7) is 6.53. The van der Waals surface area contributed by atoms with Gasteiger partial charge < -0.3 is 14.4 Å². The minimum atomic E-state index is 0.362. The van der Waals surface area contributed by atoms with E-state index in [-0.39, 0.29) is 0 Å². The predicted molar refractivity (Wildman–Crippen MR) is 56.5 cm³/mol. The van der Waals surface area contributed by atoms with Crippen LogP contribution in [0.2, 0.25) is 0 Å². The average molecular weight is 222 g/mol. The Hall–Kier alpha value is -1.69. The van der Waals surface area contributed by atoms with Crippen LogP contribution in [-0.4, -0.2) is 21.3 Å². The lowest BCUT2D eigenvalue weighted by molar-refractivity contribution is 0.378. The van der Waals surface area contributed by atoms with Crippen LogP contribution in [-0.2, 0) is 6.54 Å². The summed E-state index contributed by atoms with van der Waals surface area (Å²) in [7, 11) is 0. The number of nitrogens with one attached hydrogen (secondary N) is 1. The Morgan fingerprint density at radius 1 is 1.31 bits per heavy atom. The molecule has 1 N–H and O–H groups in total. The van der Waals surface area contributed by atoms with Gasteiger partial charge in [-0.1, -0.05) is 24.2 Å². The molecular weight excluding hydrogens is 208 g/mol. The lowest BCUT2D eigenvalue weighted by atomic mass is 10.4. The molecule has 0 saturated heterocycles. The molecule has 0 atom stereocenters. The van der Waals surface area contributed by atoms with Crippen molar-refractivity contribution in [1.82, 2.24) is 20.6 Å². The van der Waals surface area contributed by atoms with E-state index in [1.807, 2.05) is 6.92 Å². The summed E-state index contributed by atoms with van der Waals surface area (Å²) < 4.78 is 10.1. The molecule has 0 amide bonds. The Bertz CT molecular complexity index is 461. The average Bonchev–Trinajstić information content (AvgIpc) is 2.83. The fraction of sp³-hybridized carbons (Fsp3) is 0.500. The number of aromatic nitrogens is 3. The molecular formula is C10H14N4O2. The molecule has 0 radical (unpaired) electrons. The second-order valence-electron chi connectivity index (χ2n) is 3.88. The van der Waals surface area contributed by atoms with Crippen molar-refractivity contribution in [1.29, 1.82) is 0 Å². The van der Waals surface area contributed by atoms with Crippen molar-refractivity contribution in [2.24, 2.45) is 0 Å². The highest BCUT2D eigenvalue weighted by molar-refractivity contribution is 5.43. The van der Waals surface area contributed by atoms with E-state index in [2.05, 4.69) is 34.5 Å². The van der Waals surface area contributed by atoms with Gasteiger partial charge in [-0.2, -0.15) is 4.98 Å². The topological polar surface area (TPSA) is 77.0 Å². The van der Waals surface area contributed by atoms with E-state index in [9.17, 15) is 0 Å². The fourth-order valence-electron chi connectivity index (χ4n) is 1.19. The van der Waals surface area contributed by atoms with Gasteiger partial charge in [0.15, 0.2) is 5.82 Å². The van der Waals surface area contributed by atoms with Crippen LogP contribution in [0.3, 0.4) is 0 Å². The van der Waals surface area contributed by atoms with Crippen molar-refractivity contribution in [2.45, 2.75) is 33.4 Å². The molecule has 2 heterocycles. The maximum absolute atomic E-state index is 5.06. The predicted octanol–water partition coefficient (Wildman–Crippen LogP) is 1.53. The van der Waals surface area contributed by atoms with Crippen LogP contribution in [0.25, 0.3) is 11.7 Å². The summed E-state index contributed by atoms with van der Waals surface area (Å²) in [5.74, 6) is 1.47. The number of hydrogen-bond donors (Lipinski definition) is 1. The van der Waals surface area contributed by atoms with Gasteiger partial charge in [-0.3, -0.25) is 0 Å². The SMILES string of the molecule is Cc1cc(-c2nc(CNC(C)C)no2)on1. The Balaban J connectivity index is 2.07. The van der Waals surface area contributed by atoms with Gasteiger partial charge >= 0.3 is 0 Å². The van der Waals surface area contributed by atoms with Crippen LogP contribution in [0.1, 0.15) is 25.4 Å². The van der Waals surface area contributed by atoms with Crippen molar-refractivity contribution in [3.8, 4) is 11.7 Å². The van der Waals surface area contributed by atoms with Gasteiger partial charge in [0.25, 0.3) is 5.89 Å². The van der Waals surface area contributed by atoms with Crippen LogP contribution in [0.15, 0.2) is 15.1 Å². The zero-order valence-corrected chi connectivity index (χ0v) is 9.52. The summed E-state index contributed by atoms with van der Waals surface area (Å²) in [4.78, 5) is 4.19. The first-order chi connectivity index (χ1) is 7.65. The standard InChI is InChI=1S/C10H14N4O2/c1-6(2)11-5-9-12-10(16-14-9)8-4-7(3)13-15-8/h4,6,11H,5H2,1-3H3. The summed E-state index contributed by atoms with van der Waals surface area (Å²) in [5, 5.41) is 10.8. The summed E-state index contributed by atoms with van der Waals surface area (Å²) in [6, 6.07) is 2.14. The molecule has 0 aliphatic heterocycles. The smallest absolute Gasteiger partial charge is 0.296 e. The van der Waals surface area contributed by atoms with Gasteiger partial charge in [0.1, 0.15) is 0 Å². The molecule has 6 nitrogen and oxygen atoms in total. The van der Waals surface area contributed by atoms with Crippen molar-refractivity contribution in [2.75, 3.05) is 0 Å². The van der Waals surface area contributed by atoms with Crippen molar-refractivity contribution in [3.63, 3.8) is 0 Å². The maximum atomic E-state index is 5.06. The first-order valence-electron chi connectivity index (χ1n) is 5.15. The van der Waals surface area contributed by atoms with Crippen LogP contribution in [0, 0.1) is 6.92 Å². The van der Waals surface area contributed by atoms with Crippen LogP contribution < -0.4 is 5.32 Å². The highest BCUT2D eigenvalue weighted by Crippen LogP contribution is 2.17. The maximum Gasteiger partial charge on any atom is 0.296 e. The molecule has 86 valence electrons. The van der Waals surface area contributed by atoms with E-state index in [0.717, 1.165) is 5.69 Å². The van der Waals surface area contributed by atoms with E-state index in [1.165, 1.54) is 0 Å². The van der Waals surface area contributed by atoms with E-state index >= 15 is 0 Å². The molecule has 0 unspecified atom stereocenters. The molecule has 0 aliphatic carbocycles. The molecule has 0 spiro atoms. The van der Waals surface area contributed by atoms with Crippen LogP contribution in [0.5, 0.6) is 0 Å². The number of aryl methyl sites for hydroxylation is 1. The Kier molecular flexibility index (Phi) is 3.00. The molecule has 2 aromatic rings. The monoisotopic (exact) mass is 222 g/mol. The third-order valence-corrected chi connectivity index (χ3v) is 1.98. The van der Waals surface area contributed by atoms with Gasteiger partial charge in [0.05, 0.1) is 12.2 Å². The van der Waals surface area contributed by atoms with E-state index in [4.69, 9.17) is 9.05 Å². The number of hydrogen-bond acceptors (Lipinski definition) is 6. The van der Waals surface area contributed by atoms with Crippen molar-refractivity contribution in [3.05, 3.63) is 17.6 Å². The largest absolute Gasteiger partial charge is 0.351 e. The van der Waals surface area contributed by atoms with Gasteiger partial charge in [0.2, 0.25) is 5.76 Å². The van der Waals surface area contributed by atoms with E-state index in [1.54, 1.807) is 6.07 Å². The zero-order chi connectivity index (χ0) is 11.5. The highest BCUT2D eigenvalue weighted by Gasteiger charge is 2.13. The Morgan fingerprint density at radius 2 is 2.12 bits per heavy atom.